The van der Waals surface area contributed by atoms with Crippen molar-refractivity contribution in [2.45, 2.75) is 51.0 Å². The van der Waals surface area contributed by atoms with Crippen molar-refractivity contribution in [1.82, 2.24) is 5.43 Å². The van der Waals surface area contributed by atoms with Crippen molar-refractivity contribution in [1.29, 1.82) is 0 Å². The number of nitrogens with zero attached hydrogens (tertiary/aromatic N) is 1. The van der Waals surface area contributed by atoms with Crippen molar-refractivity contribution in [3.05, 3.63) is 47.0 Å². The van der Waals surface area contributed by atoms with E-state index in [0.717, 1.165) is 42.7 Å². The number of ether oxygens (including phenoxy) is 4. The van der Waals surface area contributed by atoms with Crippen molar-refractivity contribution in [2.24, 2.45) is 5.10 Å². The normalized spacial score (nSPS) is 17.0. The van der Waals surface area contributed by atoms with Crippen molar-refractivity contribution in [3.63, 3.8) is 0 Å². The highest BCUT2D eigenvalue weighted by Crippen LogP contribution is 2.43. The van der Waals surface area contributed by atoms with E-state index in [2.05, 4.69) is 15.8 Å². The van der Waals surface area contributed by atoms with Crippen LogP contribution in [0.15, 0.2) is 41.5 Å². The number of esters is 1. The molecule has 2 N–H and O–H groups in total. The zero-order chi connectivity index (χ0) is 25.5. The Morgan fingerprint density at radius 3 is 2.72 bits per heavy atom. The zero-order valence-electron chi connectivity index (χ0n) is 20.4. The van der Waals surface area contributed by atoms with Crippen LogP contribution in [0.3, 0.4) is 0 Å². The molecule has 0 unspecified atom stereocenters. The van der Waals surface area contributed by atoms with Gasteiger partial charge in [-0.1, -0.05) is 18.0 Å². The Labute approximate surface area is 221 Å². The second kappa shape index (κ2) is 11.8. The number of methoxy groups -OCH3 is 1. The van der Waals surface area contributed by atoms with Crippen molar-refractivity contribution < 1.29 is 23.7 Å². The van der Waals surface area contributed by atoms with Gasteiger partial charge in [-0.25, -0.2) is 4.79 Å². The van der Waals surface area contributed by atoms with Gasteiger partial charge < -0.3 is 24.3 Å². The number of carbonyl (C=O) groups is 1. The van der Waals surface area contributed by atoms with E-state index < -0.39 is 5.97 Å². The van der Waals surface area contributed by atoms with Crippen LogP contribution in [0.2, 0.25) is 5.02 Å². The van der Waals surface area contributed by atoms with Gasteiger partial charge in [0.25, 0.3) is 0 Å². The van der Waals surface area contributed by atoms with E-state index in [9.17, 15) is 4.79 Å². The predicted molar refractivity (Wildman–Crippen MR) is 144 cm³/mol. The van der Waals surface area contributed by atoms with E-state index in [4.69, 9.17) is 42.8 Å². The van der Waals surface area contributed by atoms with Gasteiger partial charge in [0.05, 0.1) is 24.5 Å². The topological polar surface area (TPSA) is 90.4 Å². The van der Waals surface area contributed by atoms with Crippen molar-refractivity contribution in [2.75, 3.05) is 25.6 Å². The number of nitrogens with one attached hydrogen (secondary N) is 2. The Morgan fingerprint density at radius 1 is 1.19 bits per heavy atom. The van der Waals surface area contributed by atoms with Crippen LogP contribution in [0.1, 0.15) is 51.0 Å². The molecule has 2 aliphatic rings. The molecule has 8 nitrogen and oxygen atoms in total. The number of benzene rings is 2. The number of halogens is 1. The monoisotopic (exact) mass is 531 g/mol. The summed E-state index contributed by atoms with van der Waals surface area (Å²) < 4.78 is 22.3. The quantitative estimate of drug-likeness (QED) is 0.276. The van der Waals surface area contributed by atoms with E-state index in [0.29, 0.717) is 40.3 Å². The largest absolute Gasteiger partial charge is 0.495 e. The molecule has 2 aromatic rings. The number of fused-ring (bicyclic) bond motifs is 1. The summed E-state index contributed by atoms with van der Waals surface area (Å²) in [5, 5.41) is 8.56. The summed E-state index contributed by atoms with van der Waals surface area (Å²) in [4.78, 5) is 11.7. The predicted octanol–water partition coefficient (Wildman–Crippen LogP) is 5.47. The summed E-state index contributed by atoms with van der Waals surface area (Å²) in [6.07, 6.45) is 6.04. The molecule has 192 valence electrons. The Balaban J connectivity index is 1.53. The molecule has 1 heterocycles. The summed E-state index contributed by atoms with van der Waals surface area (Å²) in [5.41, 5.74) is 5.01. The molecule has 0 bridgehead atoms. The first kappa shape index (κ1) is 26.0. The average molecular weight is 532 g/mol. The molecule has 4 rings (SSSR count). The maximum Gasteiger partial charge on any atom is 0.344 e. The van der Waals surface area contributed by atoms with Crippen LogP contribution in [0, 0.1) is 0 Å². The highest BCUT2D eigenvalue weighted by atomic mass is 35.5. The van der Waals surface area contributed by atoms with Gasteiger partial charge in [0.2, 0.25) is 0 Å². The Bertz CT molecular complexity index is 1150. The van der Waals surface area contributed by atoms with Crippen LogP contribution < -0.4 is 25.0 Å². The van der Waals surface area contributed by atoms with Crippen molar-refractivity contribution in [3.8, 4) is 17.2 Å². The third kappa shape index (κ3) is 6.39. The summed E-state index contributed by atoms with van der Waals surface area (Å²) >= 11 is 11.7. The van der Waals surface area contributed by atoms with Gasteiger partial charge in [-0.05, 0) is 81.2 Å². The fourth-order valence-corrected chi connectivity index (χ4v) is 4.95. The lowest BCUT2D eigenvalue weighted by Gasteiger charge is -2.41. The Hall–Kier alpha value is -3.04. The minimum atomic E-state index is -0.418. The van der Waals surface area contributed by atoms with E-state index in [1.165, 1.54) is 6.42 Å². The molecule has 1 spiro atoms. The molecule has 36 heavy (non-hydrogen) atoms. The van der Waals surface area contributed by atoms with Crippen LogP contribution >= 0.6 is 23.8 Å². The number of hydrogen-bond donors (Lipinski definition) is 2. The fourth-order valence-electron chi connectivity index (χ4n) is 4.52. The van der Waals surface area contributed by atoms with Gasteiger partial charge in [-0.3, -0.25) is 5.43 Å². The summed E-state index contributed by atoms with van der Waals surface area (Å²) in [6, 6.07) is 10.8. The molecular formula is C26H30ClN3O5S. The van der Waals surface area contributed by atoms with E-state index in [-0.39, 0.29) is 12.2 Å². The molecule has 0 aromatic heterocycles. The molecule has 1 aliphatic carbocycles. The zero-order valence-corrected chi connectivity index (χ0v) is 22.0. The maximum absolute atomic E-state index is 11.7. The summed E-state index contributed by atoms with van der Waals surface area (Å²) in [7, 11) is 1.56. The number of anilines is 1. The smallest absolute Gasteiger partial charge is 0.344 e. The van der Waals surface area contributed by atoms with E-state index >= 15 is 0 Å². The molecule has 1 aliphatic heterocycles. The van der Waals surface area contributed by atoms with Crippen LogP contribution in [-0.4, -0.2) is 42.7 Å². The Morgan fingerprint density at radius 2 is 2.00 bits per heavy atom. The molecule has 10 heteroatoms. The first-order valence-corrected chi connectivity index (χ1v) is 12.8. The van der Waals surface area contributed by atoms with Gasteiger partial charge in [-0.15, -0.1) is 0 Å². The number of hydrazone groups is 1. The minimum absolute atomic E-state index is 0.166. The van der Waals surface area contributed by atoms with E-state index in [1.54, 1.807) is 32.2 Å². The van der Waals surface area contributed by atoms with Crippen LogP contribution in [0.25, 0.3) is 0 Å². The molecule has 0 radical (unpaired) electrons. The van der Waals surface area contributed by atoms with Gasteiger partial charge in [0.1, 0.15) is 22.8 Å². The number of carbonyl (C=O) groups excluding carboxylic acids is 1. The molecule has 0 atom stereocenters. The number of rotatable bonds is 7. The fraction of sp³-hybridized carbons (Fsp3) is 0.423. The molecule has 0 amide bonds. The molecule has 2 aromatic carbocycles. The molecular weight excluding hydrogens is 502 g/mol. The Kier molecular flexibility index (Phi) is 8.53. The van der Waals surface area contributed by atoms with Gasteiger partial charge in [-0.2, -0.15) is 5.10 Å². The van der Waals surface area contributed by atoms with Gasteiger partial charge in [0, 0.05) is 17.7 Å². The first-order chi connectivity index (χ1) is 17.4. The molecule has 1 saturated carbocycles. The van der Waals surface area contributed by atoms with Gasteiger partial charge >= 0.3 is 5.97 Å². The van der Waals surface area contributed by atoms with E-state index in [1.807, 2.05) is 18.2 Å². The standard InChI is InChI=1S/C26H30ClN3O5S/c1-3-33-24(31)16-34-18-8-10-22-19(14-18)21(15-26(35-22)11-5-4-6-12-26)29-30-25(36)28-17-7-9-23(32-2)20(27)13-17/h7-10,13-14H,3-6,11-12,15-16H2,1-2H3,(H2,28,30,36). The third-order valence-electron chi connectivity index (χ3n) is 6.21. The number of thiocarbonyl (C=S) groups is 1. The highest BCUT2D eigenvalue weighted by Gasteiger charge is 2.40. The SMILES string of the molecule is CCOC(=O)COc1ccc2c(c1)C(=NNC(=S)Nc1ccc(OC)c(Cl)c1)CC1(CCCCC1)O2. The summed E-state index contributed by atoms with van der Waals surface area (Å²) in [6.45, 7) is 1.90. The lowest BCUT2D eigenvalue weighted by molar-refractivity contribution is -0.145. The lowest BCUT2D eigenvalue weighted by Crippen LogP contribution is -2.44. The highest BCUT2D eigenvalue weighted by molar-refractivity contribution is 7.80. The van der Waals surface area contributed by atoms with Crippen molar-refractivity contribution >= 4 is 46.3 Å². The van der Waals surface area contributed by atoms with Crippen LogP contribution in [-0.2, 0) is 9.53 Å². The molecule has 1 fully saturated rings. The summed E-state index contributed by atoms with van der Waals surface area (Å²) in [5.74, 6) is 1.44. The second-order valence-electron chi connectivity index (χ2n) is 8.75. The lowest BCUT2D eigenvalue weighted by atomic mass is 9.78. The van der Waals surface area contributed by atoms with Crippen LogP contribution in [0.4, 0.5) is 5.69 Å². The van der Waals surface area contributed by atoms with Gasteiger partial charge in [0.15, 0.2) is 11.7 Å². The van der Waals surface area contributed by atoms with Crippen LogP contribution in [0.5, 0.6) is 17.2 Å². The maximum atomic E-state index is 11.7. The number of hydrogen-bond acceptors (Lipinski definition) is 7. The molecule has 0 saturated heterocycles. The first-order valence-electron chi connectivity index (χ1n) is 12.0. The second-order valence-corrected chi connectivity index (χ2v) is 9.56. The third-order valence-corrected chi connectivity index (χ3v) is 6.70. The minimum Gasteiger partial charge on any atom is -0.495 e. The average Bonchev–Trinajstić information content (AvgIpc) is 2.87.